The molecule has 1 saturated heterocycles. The molecule has 0 aliphatic carbocycles. The molecule has 4 heteroatoms. The predicted octanol–water partition coefficient (Wildman–Crippen LogP) is 3.85. The van der Waals surface area contributed by atoms with E-state index in [1.165, 1.54) is 11.3 Å². The average Bonchev–Trinajstić information content (AvgIpc) is 2.50. The molecule has 0 N–H and O–H groups in total. The van der Waals surface area contributed by atoms with Crippen LogP contribution in [0.5, 0.6) is 0 Å². The summed E-state index contributed by atoms with van der Waals surface area (Å²) in [6.45, 7) is 5.60. The van der Waals surface area contributed by atoms with E-state index in [1.807, 2.05) is 0 Å². The number of nitrogens with zero attached hydrogens (tertiary/aromatic N) is 2. The number of rotatable bonds is 3. The van der Waals surface area contributed by atoms with Gasteiger partial charge in [0.25, 0.3) is 0 Å². The Labute approximate surface area is 139 Å². The maximum Gasteiger partial charge on any atom is 0.0367 e. The summed E-state index contributed by atoms with van der Waals surface area (Å²) in [5.41, 5.74) is 2.76. The standard InChI is InChI=1S/C17H20N2.2ClH/c1-3-7-16(8-4-1)15-18-11-13-19(14-12-18)17-9-5-2-6-10-17;;/h1-10H,11-15H2;2*1H. The molecule has 0 spiro atoms. The van der Waals surface area contributed by atoms with Crippen molar-refractivity contribution >= 4 is 30.5 Å². The Morgan fingerprint density at radius 1 is 0.667 bits per heavy atom. The quantitative estimate of drug-likeness (QED) is 0.846. The minimum Gasteiger partial charge on any atom is -0.369 e. The zero-order chi connectivity index (χ0) is 12.9. The van der Waals surface area contributed by atoms with E-state index in [1.54, 1.807) is 0 Å². The van der Waals surface area contributed by atoms with E-state index in [-0.39, 0.29) is 24.8 Å². The molecule has 2 aromatic rings. The molecule has 3 rings (SSSR count). The van der Waals surface area contributed by atoms with Gasteiger partial charge >= 0.3 is 0 Å². The van der Waals surface area contributed by atoms with Gasteiger partial charge in [-0.25, -0.2) is 0 Å². The van der Waals surface area contributed by atoms with Crippen LogP contribution in [-0.2, 0) is 6.54 Å². The van der Waals surface area contributed by atoms with Crippen LogP contribution in [0, 0.1) is 0 Å². The molecule has 2 aromatic carbocycles. The first-order valence-electron chi connectivity index (χ1n) is 6.98. The lowest BCUT2D eigenvalue weighted by Gasteiger charge is -2.36. The lowest BCUT2D eigenvalue weighted by molar-refractivity contribution is 0.250. The van der Waals surface area contributed by atoms with Crippen LogP contribution in [0.4, 0.5) is 5.69 Å². The Kier molecular flexibility index (Phi) is 7.58. The van der Waals surface area contributed by atoms with Crippen LogP contribution < -0.4 is 4.90 Å². The Hall–Kier alpha value is -1.22. The summed E-state index contributed by atoms with van der Waals surface area (Å²) in [7, 11) is 0. The molecule has 2 nitrogen and oxygen atoms in total. The first kappa shape index (κ1) is 17.8. The van der Waals surface area contributed by atoms with Crippen molar-refractivity contribution in [3.63, 3.8) is 0 Å². The first-order valence-corrected chi connectivity index (χ1v) is 6.98. The van der Waals surface area contributed by atoms with E-state index in [9.17, 15) is 0 Å². The van der Waals surface area contributed by atoms with Crippen LogP contribution in [0.3, 0.4) is 0 Å². The van der Waals surface area contributed by atoms with Crippen molar-refractivity contribution in [3.05, 3.63) is 66.2 Å². The van der Waals surface area contributed by atoms with Crippen molar-refractivity contribution in [2.24, 2.45) is 0 Å². The summed E-state index contributed by atoms with van der Waals surface area (Å²) >= 11 is 0. The Morgan fingerprint density at radius 2 is 1.19 bits per heavy atom. The molecule has 0 atom stereocenters. The molecular formula is C17H22Cl2N2. The molecule has 0 bridgehead atoms. The third-order valence-electron chi connectivity index (χ3n) is 3.74. The van der Waals surface area contributed by atoms with Crippen molar-refractivity contribution in [3.8, 4) is 0 Å². The molecule has 0 aromatic heterocycles. The van der Waals surface area contributed by atoms with Gasteiger partial charge in [0, 0.05) is 38.4 Å². The number of para-hydroxylation sites is 1. The van der Waals surface area contributed by atoms with Crippen LogP contribution in [-0.4, -0.2) is 31.1 Å². The molecular weight excluding hydrogens is 303 g/mol. The second-order valence-electron chi connectivity index (χ2n) is 5.08. The van der Waals surface area contributed by atoms with Gasteiger partial charge in [-0.3, -0.25) is 4.90 Å². The van der Waals surface area contributed by atoms with Crippen molar-refractivity contribution in [2.75, 3.05) is 31.1 Å². The van der Waals surface area contributed by atoms with Gasteiger partial charge in [0.1, 0.15) is 0 Å². The summed E-state index contributed by atoms with van der Waals surface area (Å²) < 4.78 is 0. The summed E-state index contributed by atoms with van der Waals surface area (Å²) in [5.74, 6) is 0. The highest BCUT2D eigenvalue weighted by Gasteiger charge is 2.16. The van der Waals surface area contributed by atoms with E-state index in [2.05, 4.69) is 70.5 Å². The molecule has 0 unspecified atom stereocenters. The van der Waals surface area contributed by atoms with Crippen LogP contribution in [0.15, 0.2) is 60.7 Å². The molecule has 1 aliphatic rings. The monoisotopic (exact) mass is 324 g/mol. The van der Waals surface area contributed by atoms with Gasteiger partial charge in [-0.05, 0) is 17.7 Å². The van der Waals surface area contributed by atoms with E-state index in [0.717, 1.165) is 32.7 Å². The fourth-order valence-corrected chi connectivity index (χ4v) is 2.64. The third kappa shape index (κ3) is 4.92. The van der Waals surface area contributed by atoms with E-state index in [4.69, 9.17) is 0 Å². The largest absolute Gasteiger partial charge is 0.369 e. The minimum atomic E-state index is 0. The van der Waals surface area contributed by atoms with E-state index < -0.39 is 0 Å². The predicted molar refractivity (Wildman–Crippen MR) is 94.9 cm³/mol. The molecule has 0 amide bonds. The van der Waals surface area contributed by atoms with Gasteiger partial charge in [0.2, 0.25) is 0 Å². The van der Waals surface area contributed by atoms with Crippen molar-refractivity contribution in [1.82, 2.24) is 4.90 Å². The van der Waals surface area contributed by atoms with Crippen LogP contribution in [0.2, 0.25) is 0 Å². The van der Waals surface area contributed by atoms with Gasteiger partial charge in [0.05, 0.1) is 0 Å². The first-order chi connectivity index (χ1) is 9.42. The minimum absolute atomic E-state index is 0. The van der Waals surface area contributed by atoms with Gasteiger partial charge < -0.3 is 4.90 Å². The second-order valence-corrected chi connectivity index (χ2v) is 5.08. The molecule has 0 saturated carbocycles. The number of anilines is 1. The molecule has 114 valence electrons. The summed E-state index contributed by atoms with van der Waals surface area (Å²) in [5, 5.41) is 0. The van der Waals surface area contributed by atoms with Gasteiger partial charge in [-0.15, -0.1) is 24.8 Å². The summed E-state index contributed by atoms with van der Waals surface area (Å²) in [6.07, 6.45) is 0. The summed E-state index contributed by atoms with van der Waals surface area (Å²) in [6, 6.07) is 21.5. The highest BCUT2D eigenvalue weighted by molar-refractivity contribution is 5.85. The van der Waals surface area contributed by atoms with Crippen LogP contribution in [0.25, 0.3) is 0 Å². The summed E-state index contributed by atoms with van der Waals surface area (Å²) in [4.78, 5) is 5.01. The number of halogens is 2. The smallest absolute Gasteiger partial charge is 0.0367 e. The maximum absolute atomic E-state index is 2.54. The fourth-order valence-electron chi connectivity index (χ4n) is 2.64. The number of hydrogen-bond donors (Lipinski definition) is 0. The Morgan fingerprint density at radius 3 is 1.76 bits per heavy atom. The van der Waals surface area contributed by atoms with Crippen LogP contribution in [0.1, 0.15) is 5.56 Å². The second kappa shape index (κ2) is 8.93. The van der Waals surface area contributed by atoms with Crippen molar-refractivity contribution < 1.29 is 0 Å². The Bertz CT molecular complexity index is 497. The normalized spacial score (nSPS) is 15.0. The Balaban J connectivity index is 0.00000110. The molecule has 1 fully saturated rings. The zero-order valence-electron chi connectivity index (χ0n) is 12.0. The number of piperazine rings is 1. The third-order valence-corrected chi connectivity index (χ3v) is 3.74. The average molecular weight is 325 g/mol. The van der Waals surface area contributed by atoms with E-state index >= 15 is 0 Å². The lowest BCUT2D eigenvalue weighted by Crippen LogP contribution is -2.45. The van der Waals surface area contributed by atoms with Crippen molar-refractivity contribution in [1.29, 1.82) is 0 Å². The highest BCUT2D eigenvalue weighted by atomic mass is 35.5. The molecule has 21 heavy (non-hydrogen) atoms. The van der Waals surface area contributed by atoms with Crippen molar-refractivity contribution in [2.45, 2.75) is 6.54 Å². The van der Waals surface area contributed by atoms with Gasteiger partial charge in [-0.2, -0.15) is 0 Å². The molecule has 1 aliphatic heterocycles. The number of hydrogen-bond acceptors (Lipinski definition) is 2. The van der Waals surface area contributed by atoms with Gasteiger partial charge in [0.15, 0.2) is 0 Å². The lowest BCUT2D eigenvalue weighted by atomic mass is 10.2. The highest BCUT2D eigenvalue weighted by Crippen LogP contribution is 2.16. The topological polar surface area (TPSA) is 6.48 Å². The SMILES string of the molecule is Cl.Cl.c1ccc(CN2CCN(c3ccccc3)CC2)cc1. The maximum atomic E-state index is 2.54. The number of benzene rings is 2. The van der Waals surface area contributed by atoms with E-state index in [0.29, 0.717) is 0 Å². The zero-order valence-corrected chi connectivity index (χ0v) is 13.7. The van der Waals surface area contributed by atoms with Gasteiger partial charge in [-0.1, -0.05) is 48.5 Å². The van der Waals surface area contributed by atoms with Crippen LogP contribution >= 0.6 is 24.8 Å². The fraction of sp³-hybridized carbons (Fsp3) is 0.294. The molecule has 0 radical (unpaired) electrons. The molecule has 1 heterocycles.